The second-order valence-electron chi connectivity index (χ2n) is 7.08. The van der Waals surface area contributed by atoms with Crippen LogP contribution in [-0.4, -0.2) is 158 Å². The normalized spacial score (nSPS) is 24.3. The van der Waals surface area contributed by atoms with E-state index in [1.54, 1.807) is 0 Å². The van der Waals surface area contributed by atoms with E-state index in [2.05, 4.69) is 0 Å². The van der Waals surface area contributed by atoms with Gasteiger partial charge < -0.3 is 69.2 Å². The Balaban J connectivity index is -0.000000486. The molecule has 10 N–H and O–H groups in total. The first-order chi connectivity index (χ1) is 14.9. The second kappa shape index (κ2) is 28.0. The number of ether oxygens (including phenoxy) is 6. The molecule has 0 aromatic heterocycles. The number of quaternary nitrogens is 2. The van der Waals surface area contributed by atoms with Gasteiger partial charge in [0.1, 0.15) is 39.3 Å². The van der Waals surface area contributed by atoms with Crippen molar-refractivity contribution in [2.24, 2.45) is 0 Å². The maximum atomic E-state index is 8.52. The van der Waals surface area contributed by atoms with Gasteiger partial charge in [0.05, 0.1) is 79.3 Å². The largest absolute Gasteiger partial charge is 0.759 e. The van der Waals surface area contributed by atoms with E-state index in [0.717, 1.165) is 78.9 Å². The molecule has 35 heavy (non-hydrogen) atoms. The van der Waals surface area contributed by atoms with E-state index in [1.807, 2.05) is 0 Å². The molecule has 0 aromatic rings. The molecule has 2 bridgehead atoms. The van der Waals surface area contributed by atoms with Crippen LogP contribution in [0.5, 0.6) is 0 Å². The van der Waals surface area contributed by atoms with E-state index < -0.39 is 10.4 Å². The molecule has 0 radical (unpaired) electrons. The highest BCUT2D eigenvalue weighted by atomic mass is 32.3. The Morgan fingerprint density at radius 2 is 0.543 bits per heavy atom. The number of hydrogen-bond donors (Lipinski definition) is 2. The number of hydrogen-bond acceptors (Lipinski definition) is 10. The van der Waals surface area contributed by atoms with Gasteiger partial charge in [0.2, 0.25) is 0 Å². The quantitative estimate of drug-likeness (QED) is 0.214. The molecule has 3 rings (SSSR count). The van der Waals surface area contributed by atoms with Crippen LogP contribution in [0.25, 0.3) is 0 Å². The van der Waals surface area contributed by atoms with Gasteiger partial charge in [0, 0.05) is 10.4 Å². The number of rotatable bonds is 0. The van der Waals surface area contributed by atoms with Crippen LogP contribution in [0.15, 0.2) is 0 Å². The SMILES string of the molecule is C1COCC[NH+]2CCOCCOCC[NH+](CCO1)CCOCCOCC2.O.O.O.O.O=S(=O)([O-])[O-]. The molecule has 3 saturated heterocycles. The summed E-state index contributed by atoms with van der Waals surface area (Å²) in [6.45, 7) is 14.1. The molecular weight excluding hydrogens is 500 g/mol. The standard InChI is InChI=1S/C18H36N2O6.H2O4S.4H2O/c1-7-21-13-14-24-10-4-20-5-11-25-17-15-22-8-2-19(1)3-9-23-16-18-26-12-6-20;1-5(2,3)4;;;;/h1-18H2;(H2,1,2,3,4);4*1H2. The average Bonchev–Trinajstić information content (AvgIpc) is 2.70. The van der Waals surface area contributed by atoms with Crippen molar-refractivity contribution in [2.45, 2.75) is 0 Å². The first-order valence-electron chi connectivity index (χ1n) is 10.8. The predicted octanol–water partition coefficient (Wildman–Crippen LogP) is -7.75. The predicted molar refractivity (Wildman–Crippen MR) is 121 cm³/mol. The van der Waals surface area contributed by atoms with Crippen LogP contribution in [0.4, 0.5) is 0 Å². The minimum absolute atomic E-state index is 0. The molecule has 3 aliphatic rings. The minimum atomic E-state index is -5.17. The third kappa shape index (κ3) is 31.4. The number of fused-ring (bicyclic) bond motifs is 21. The molecule has 0 amide bonds. The fourth-order valence-electron chi connectivity index (χ4n) is 3.01. The van der Waals surface area contributed by atoms with Crippen molar-refractivity contribution in [1.29, 1.82) is 0 Å². The fourth-order valence-corrected chi connectivity index (χ4v) is 3.01. The summed E-state index contributed by atoms with van der Waals surface area (Å²) in [6.07, 6.45) is 0. The van der Waals surface area contributed by atoms with Gasteiger partial charge in [-0.25, -0.2) is 0 Å². The summed E-state index contributed by atoms with van der Waals surface area (Å²) in [6, 6.07) is 0. The summed E-state index contributed by atoms with van der Waals surface area (Å²) in [4.78, 5) is 2.88. The number of nitrogens with one attached hydrogen (secondary N) is 2. The van der Waals surface area contributed by atoms with Crippen molar-refractivity contribution in [3.05, 3.63) is 0 Å². The van der Waals surface area contributed by atoms with Crippen LogP contribution >= 0.6 is 0 Å². The maximum Gasteiger partial charge on any atom is 0.101 e. The molecule has 3 fully saturated rings. The van der Waals surface area contributed by atoms with Crippen molar-refractivity contribution in [1.82, 2.24) is 0 Å². The molecule has 0 aromatic carbocycles. The summed E-state index contributed by atoms with van der Waals surface area (Å²) >= 11 is 0. The second-order valence-corrected chi connectivity index (χ2v) is 7.90. The van der Waals surface area contributed by atoms with E-state index in [9.17, 15) is 0 Å². The highest BCUT2D eigenvalue weighted by Gasteiger charge is 2.11. The minimum Gasteiger partial charge on any atom is -0.759 e. The molecular formula is C18H46N2O14S. The Labute approximate surface area is 207 Å². The van der Waals surface area contributed by atoms with Crippen LogP contribution in [0.1, 0.15) is 0 Å². The molecule has 3 aliphatic heterocycles. The lowest BCUT2D eigenvalue weighted by molar-refractivity contribution is -0.902. The molecule has 0 saturated carbocycles. The summed E-state index contributed by atoms with van der Waals surface area (Å²) in [5, 5.41) is 0. The van der Waals surface area contributed by atoms with Crippen LogP contribution in [-0.2, 0) is 38.8 Å². The van der Waals surface area contributed by atoms with Crippen molar-refractivity contribution < 1.29 is 77.6 Å². The van der Waals surface area contributed by atoms with Crippen molar-refractivity contribution in [3.8, 4) is 0 Å². The summed E-state index contributed by atoms with van der Waals surface area (Å²) in [5.74, 6) is 0. The molecule has 218 valence electrons. The van der Waals surface area contributed by atoms with E-state index in [1.165, 1.54) is 9.80 Å². The lowest BCUT2D eigenvalue weighted by atomic mass is 10.4. The van der Waals surface area contributed by atoms with Gasteiger partial charge in [0.25, 0.3) is 0 Å². The maximum absolute atomic E-state index is 8.52. The van der Waals surface area contributed by atoms with Gasteiger partial charge in [-0.05, 0) is 0 Å². The highest BCUT2D eigenvalue weighted by Crippen LogP contribution is 1.82. The zero-order valence-corrected chi connectivity index (χ0v) is 21.0. The van der Waals surface area contributed by atoms with Crippen LogP contribution in [0.3, 0.4) is 0 Å². The third-order valence-electron chi connectivity index (χ3n) is 4.72. The Bertz CT molecular complexity index is 432. The Morgan fingerprint density at radius 1 is 0.400 bits per heavy atom. The molecule has 3 heterocycles. The molecule has 17 heteroatoms. The Kier molecular flexibility index (Phi) is 33.2. The monoisotopic (exact) mass is 546 g/mol. The average molecular weight is 547 g/mol. The third-order valence-corrected chi connectivity index (χ3v) is 4.72. The van der Waals surface area contributed by atoms with E-state index >= 15 is 0 Å². The molecule has 0 spiro atoms. The van der Waals surface area contributed by atoms with E-state index in [0.29, 0.717) is 39.6 Å². The van der Waals surface area contributed by atoms with Crippen molar-refractivity contribution in [3.63, 3.8) is 0 Å². The first kappa shape index (κ1) is 41.5. The van der Waals surface area contributed by atoms with Crippen LogP contribution in [0.2, 0.25) is 0 Å². The van der Waals surface area contributed by atoms with Gasteiger partial charge in [-0.2, -0.15) is 0 Å². The lowest BCUT2D eigenvalue weighted by Gasteiger charge is -2.22. The summed E-state index contributed by atoms with van der Waals surface area (Å²) in [7, 11) is -5.17. The highest BCUT2D eigenvalue weighted by molar-refractivity contribution is 7.79. The summed E-state index contributed by atoms with van der Waals surface area (Å²) in [5.41, 5.74) is 0. The smallest absolute Gasteiger partial charge is 0.101 e. The van der Waals surface area contributed by atoms with Crippen molar-refractivity contribution >= 4 is 10.4 Å². The van der Waals surface area contributed by atoms with Gasteiger partial charge in [-0.3, -0.25) is 8.42 Å². The van der Waals surface area contributed by atoms with Gasteiger partial charge >= 0.3 is 0 Å². The van der Waals surface area contributed by atoms with Gasteiger partial charge in [-0.1, -0.05) is 0 Å². The zero-order valence-electron chi connectivity index (χ0n) is 20.2. The zero-order chi connectivity index (χ0) is 22.6. The Hall–Kier alpha value is -0.610. The first-order valence-corrected chi connectivity index (χ1v) is 12.1. The van der Waals surface area contributed by atoms with Crippen LogP contribution < -0.4 is 9.80 Å². The molecule has 16 nitrogen and oxygen atoms in total. The fraction of sp³-hybridized carbons (Fsp3) is 1.00. The van der Waals surface area contributed by atoms with Crippen molar-refractivity contribution in [2.75, 3.05) is 119 Å². The lowest BCUT2D eigenvalue weighted by Crippen LogP contribution is -3.13. The summed E-state index contributed by atoms with van der Waals surface area (Å²) < 4.78 is 68.4. The van der Waals surface area contributed by atoms with Crippen LogP contribution in [0, 0.1) is 0 Å². The molecule has 0 unspecified atom stereocenters. The Morgan fingerprint density at radius 3 is 0.686 bits per heavy atom. The van der Waals surface area contributed by atoms with E-state index in [4.69, 9.17) is 45.9 Å². The molecule has 0 atom stereocenters. The van der Waals surface area contributed by atoms with E-state index in [-0.39, 0.29) is 21.9 Å². The van der Waals surface area contributed by atoms with Gasteiger partial charge in [0.15, 0.2) is 0 Å². The molecule has 0 aliphatic carbocycles. The topological polar surface area (TPSA) is 271 Å². The van der Waals surface area contributed by atoms with Gasteiger partial charge in [-0.15, -0.1) is 0 Å².